The number of hydrogen-bond acceptors (Lipinski definition) is 4. The van der Waals surface area contributed by atoms with Crippen LogP contribution >= 0.6 is 0 Å². The molecule has 2 aromatic rings. The van der Waals surface area contributed by atoms with Crippen molar-refractivity contribution in [1.82, 2.24) is 18.8 Å². The van der Waals surface area contributed by atoms with Crippen LogP contribution in [0, 0.1) is 0 Å². The maximum absolute atomic E-state index is 11.5. The fourth-order valence-electron chi connectivity index (χ4n) is 1.40. The number of aromatic nitrogens is 4. The van der Waals surface area contributed by atoms with E-state index in [2.05, 4.69) is 4.98 Å². The molecule has 0 bridgehead atoms. The van der Waals surface area contributed by atoms with Gasteiger partial charge in [-0.25, -0.2) is 14.5 Å². The van der Waals surface area contributed by atoms with E-state index in [1.807, 2.05) is 0 Å². The molecule has 2 heterocycles. The number of nitrogens with zero attached hydrogens (tertiary/aromatic N) is 4. The minimum absolute atomic E-state index is 0.192. The monoisotopic (exact) mass is 195 g/mol. The standard InChI is InChI=1S/C7H9N5O2/c1-10-5-4(9-3-12(5)8)6(13)11(2)7(10)14/h3H,8H2,1-2H3. The van der Waals surface area contributed by atoms with Gasteiger partial charge in [-0.3, -0.25) is 13.9 Å². The lowest BCUT2D eigenvalue weighted by Gasteiger charge is -2.03. The minimum atomic E-state index is -0.438. The van der Waals surface area contributed by atoms with Crippen LogP contribution in [0.2, 0.25) is 0 Å². The molecular weight excluding hydrogens is 186 g/mol. The number of rotatable bonds is 0. The van der Waals surface area contributed by atoms with Crippen molar-refractivity contribution >= 4 is 11.2 Å². The minimum Gasteiger partial charge on any atom is -0.336 e. The van der Waals surface area contributed by atoms with Gasteiger partial charge in [-0.05, 0) is 0 Å². The molecule has 0 spiro atoms. The smallest absolute Gasteiger partial charge is 0.332 e. The van der Waals surface area contributed by atoms with Crippen LogP contribution in [0.3, 0.4) is 0 Å². The zero-order valence-corrected chi connectivity index (χ0v) is 7.76. The number of nitrogen functional groups attached to an aromatic ring is 1. The summed E-state index contributed by atoms with van der Waals surface area (Å²) in [7, 11) is 2.94. The summed E-state index contributed by atoms with van der Waals surface area (Å²) in [5, 5.41) is 0. The molecule has 7 heteroatoms. The Hall–Kier alpha value is -2.05. The van der Waals surface area contributed by atoms with Gasteiger partial charge in [0.1, 0.15) is 6.33 Å². The van der Waals surface area contributed by atoms with Gasteiger partial charge in [0.15, 0.2) is 11.2 Å². The third kappa shape index (κ3) is 0.832. The normalized spacial score (nSPS) is 11.0. The van der Waals surface area contributed by atoms with Crippen molar-refractivity contribution in [1.29, 1.82) is 0 Å². The van der Waals surface area contributed by atoms with Crippen LogP contribution in [0.15, 0.2) is 15.9 Å². The first-order valence-electron chi connectivity index (χ1n) is 3.92. The summed E-state index contributed by atoms with van der Waals surface area (Å²) >= 11 is 0. The summed E-state index contributed by atoms with van der Waals surface area (Å²) in [6, 6.07) is 0. The first-order valence-corrected chi connectivity index (χ1v) is 3.92. The molecule has 0 fully saturated rings. The molecule has 0 atom stereocenters. The Morgan fingerprint density at radius 1 is 1.29 bits per heavy atom. The molecule has 0 amide bonds. The number of aryl methyl sites for hydroxylation is 1. The molecule has 0 aliphatic carbocycles. The molecule has 14 heavy (non-hydrogen) atoms. The van der Waals surface area contributed by atoms with Gasteiger partial charge in [0.25, 0.3) is 5.56 Å². The van der Waals surface area contributed by atoms with Crippen molar-refractivity contribution in [2.75, 3.05) is 5.84 Å². The first kappa shape index (κ1) is 8.54. The van der Waals surface area contributed by atoms with E-state index in [0.29, 0.717) is 5.65 Å². The van der Waals surface area contributed by atoms with Gasteiger partial charge < -0.3 is 5.84 Å². The maximum atomic E-state index is 11.5. The topological polar surface area (TPSA) is 87.8 Å². The summed E-state index contributed by atoms with van der Waals surface area (Å²) < 4.78 is 3.43. The molecule has 0 aliphatic rings. The van der Waals surface area contributed by atoms with Crippen LogP contribution in [0.1, 0.15) is 0 Å². The fourth-order valence-corrected chi connectivity index (χ4v) is 1.40. The van der Waals surface area contributed by atoms with Gasteiger partial charge in [0, 0.05) is 14.1 Å². The second-order valence-electron chi connectivity index (χ2n) is 3.03. The largest absolute Gasteiger partial charge is 0.336 e. The molecular formula is C7H9N5O2. The van der Waals surface area contributed by atoms with Crippen LogP contribution in [0.25, 0.3) is 11.2 Å². The summed E-state index contributed by atoms with van der Waals surface area (Å²) in [5.74, 6) is 5.51. The quantitative estimate of drug-likeness (QED) is 0.500. The Kier molecular flexibility index (Phi) is 1.51. The Morgan fingerprint density at radius 2 is 1.93 bits per heavy atom. The van der Waals surface area contributed by atoms with Crippen molar-refractivity contribution < 1.29 is 0 Å². The SMILES string of the molecule is Cn1c(=O)c2ncn(N)c2n(C)c1=O. The molecule has 0 aromatic carbocycles. The number of fused-ring (bicyclic) bond motifs is 1. The van der Waals surface area contributed by atoms with E-state index in [9.17, 15) is 9.59 Å². The number of imidazole rings is 1. The van der Waals surface area contributed by atoms with E-state index in [1.165, 1.54) is 25.0 Å². The van der Waals surface area contributed by atoms with Crippen molar-refractivity contribution in [3.05, 3.63) is 27.2 Å². The van der Waals surface area contributed by atoms with E-state index in [-0.39, 0.29) is 5.52 Å². The Bertz CT molecular complexity index is 617. The molecule has 2 aromatic heterocycles. The predicted octanol–water partition coefficient (Wildman–Crippen LogP) is -1.85. The first-order chi connectivity index (χ1) is 6.54. The van der Waals surface area contributed by atoms with Gasteiger partial charge in [0.05, 0.1) is 0 Å². The molecule has 74 valence electrons. The van der Waals surface area contributed by atoms with Crippen molar-refractivity contribution in [2.24, 2.45) is 14.1 Å². The fraction of sp³-hybridized carbons (Fsp3) is 0.286. The molecule has 0 saturated heterocycles. The number of hydrogen-bond donors (Lipinski definition) is 1. The highest BCUT2D eigenvalue weighted by atomic mass is 16.2. The van der Waals surface area contributed by atoms with Gasteiger partial charge in [-0.15, -0.1) is 0 Å². The lowest BCUT2D eigenvalue weighted by atomic mass is 10.5. The van der Waals surface area contributed by atoms with Gasteiger partial charge in [0.2, 0.25) is 0 Å². The lowest BCUT2D eigenvalue weighted by molar-refractivity contribution is 0.702. The molecule has 2 N–H and O–H groups in total. The van der Waals surface area contributed by atoms with Gasteiger partial charge in [-0.1, -0.05) is 0 Å². The van der Waals surface area contributed by atoms with E-state index in [1.54, 1.807) is 0 Å². The Balaban J connectivity index is 3.22. The second kappa shape index (κ2) is 2.47. The van der Waals surface area contributed by atoms with Crippen molar-refractivity contribution in [2.45, 2.75) is 0 Å². The molecule has 7 nitrogen and oxygen atoms in total. The van der Waals surface area contributed by atoms with E-state index >= 15 is 0 Å². The van der Waals surface area contributed by atoms with Crippen LogP contribution in [-0.2, 0) is 14.1 Å². The molecule has 0 saturated carbocycles. The van der Waals surface area contributed by atoms with Crippen LogP contribution < -0.4 is 17.1 Å². The number of nitrogens with two attached hydrogens (primary N) is 1. The highest BCUT2D eigenvalue weighted by molar-refractivity contribution is 5.69. The highest BCUT2D eigenvalue weighted by Gasteiger charge is 2.12. The highest BCUT2D eigenvalue weighted by Crippen LogP contribution is 2.00. The Morgan fingerprint density at radius 3 is 2.57 bits per heavy atom. The predicted molar refractivity (Wildman–Crippen MR) is 50.4 cm³/mol. The van der Waals surface area contributed by atoms with Gasteiger partial charge in [-0.2, -0.15) is 0 Å². The third-order valence-electron chi connectivity index (χ3n) is 2.17. The summed E-state index contributed by atoms with van der Waals surface area (Å²) in [6.45, 7) is 0. The van der Waals surface area contributed by atoms with Crippen LogP contribution in [-0.4, -0.2) is 18.8 Å². The van der Waals surface area contributed by atoms with Crippen molar-refractivity contribution in [3.8, 4) is 0 Å². The summed E-state index contributed by atoms with van der Waals surface area (Å²) in [6.07, 6.45) is 1.30. The van der Waals surface area contributed by atoms with Crippen LogP contribution in [0.5, 0.6) is 0 Å². The zero-order chi connectivity index (χ0) is 10.5. The van der Waals surface area contributed by atoms with Crippen LogP contribution in [0.4, 0.5) is 0 Å². The summed E-state index contributed by atoms with van der Waals surface area (Å²) in [4.78, 5) is 26.8. The zero-order valence-electron chi connectivity index (χ0n) is 7.76. The maximum Gasteiger partial charge on any atom is 0.332 e. The lowest BCUT2D eigenvalue weighted by Crippen LogP contribution is -2.37. The average Bonchev–Trinajstić information content (AvgIpc) is 2.54. The molecule has 2 rings (SSSR count). The second-order valence-corrected chi connectivity index (χ2v) is 3.03. The van der Waals surface area contributed by atoms with Gasteiger partial charge >= 0.3 is 5.69 Å². The average molecular weight is 195 g/mol. The van der Waals surface area contributed by atoms with E-state index in [4.69, 9.17) is 5.84 Å². The van der Waals surface area contributed by atoms with E-state index in [0.717, 1.165) is 9.24 Å². The molecule has 0 radical (unpaired) electrons. The van der Waals surface area contributed by atoms with E-state index < -0.39 is 11.2 Å². The Labute approximate surface area is 78.0 Å². The summed E-state index contributed by atoms with van der Waals surface area (Å²) in [5.41, 5.74) is -0.350. The van der Waals surface area contributed by atoms with Crippen molar-refractivity contribution in [3.63, 3.8) is 0 Å². The molecule has 0 unspecified atom stereocenters. The third-order valence-corrected chi connectivity index (χ3v) is 2.17. The molecule has 0 aliphatic heterocycles.